The lowest BCUT2D eigenvalue weighted by molar-refractivity contribution is 0.0592. The number of esters is 1. The molecule has 0 radical (unpaired) electrons. The summed E-state index contributed by atoms with van der Waals surface area (Å²) in [4.78, 5) is 20.9. The molecule has 3 rings (SSSR count). The predicted molar refractivity (Wildman–Crippen MR) is 81.8 cm³/mol. The van der Waals surface area contributed by atoms with Gasteiger partial charge in [0.25, 0.3) is 0 Å². The number of benzene rings is 1. The van der Waals surface area contributed by atoms with E-state index in [0.29, 0.717) is 24.6 Å². The molecular formula is C15H14BrN3O2. The minimum Gasteiger partial charge on any atom is -0.464 e. The molecule has 1 aromatic carbocycles. The SMILES string of the molecule is COC(=O)c1nc(-c2ccc(C)c(Br)c2)nc2c1CNC2. The summed E-state index contributed by atoms with van der Waals surface area (Å²) in [6, 6.07) is 5.90. The fraction of sp³-hybridized carbons (Fsp3) is 0.267. The first kappa shape index (κ1) is 14.2. The lowest BCUT2D eigenvalue weighted by Gasteiger charge is -2.09. The van der Waals surface area contributed by atoms with Crippen LogP contribution in [-0.2, 0) is 17.8 Å². The van der Waals surface area contributed by atoms with Gasteiger partial charge < -0.3 is 10.1 Å². The van der Waals surface area contributed by atoms with Crippen molar-refractivity contribution in [2.24, 2.45) is 0 Å². The maximum absolute atomic E-state index is 11.9. The molecule has 0 saturated heterocycles. The number of halogens is 1. The highest BCUT2D eigenvalue weighted by molar-refractivity contribution is 9.10. The van der Waals surface area contributed by atoms with Crippen LogP contribution in [0.15, 0.2) is 22.7 Å². The van der Waals surface area contributed by atoms with Gasteiger partial charge in [-0.3, -0.25) is 0 Å². The Morgan fingerprint density at radius 3 is 2.86 bits per heavy atom. The Labute approximate surface area is 130 Å². The summed E-state index contributed by atoms with van der Waals surface area (Å²) in [6.45, 7) is 3.25. The molecule has 1 aromatic heterocycles. The van der Waals surface area contributed by atoms with E-state index in [1.165, 1.54) is 7.11 Å². The number of fused-ring (bicyclic) bond motifs is 1. The molecule has 5 nitrogen and oxygen atoms in total. The zero-order valence-electron chi connectivity index (χ0n) is 11.7. The monoisotopic (exact) mass is 347 g/mol. The second-order valence-electron chi connectivity index (χ2n) is 4.88. The van der Waals surface area contributed by atoms with Crippen molar-refractivity contribution >= 4 is 21.9 Å². The topological polar surface area (TPSA) is 64.1 Å². The average molecular weight is 348 g/mol. The second-order valence-corrected chi connectivity index (χ2v) is 5.73. The van der Waals surface area contributed by atoms with Gasteiger partial charge in [-0.05, 0) is 18.6 Å². The number of carbonyl (C=O) groups is 1. The van der Waals surface area contributed by atoms with Crippen LogP contribution in [0.1, 0.15) is 27.3 Å². The van der Waals surface area contributed by atoms with Gasteiger partial charge >= 0.3 is 5.97 Å². The minimum absolute atomic E-state index is 0.346. The number of nitrogens with one attached hydrogen (secondary N) is 1. The summed E-state index contributed by atoms with van der Waals surface area (Å²) in [5.74, 6) is 0.114. The first-order chi connectivity index (χ1) is 10.1. The quantitative estimate of drug-likeness (QED) is 0.846. The van der Waals surface area contributed by atoms with E-state index in [1.807, 2.05) is 25.1 Å². The summed E-state index contributed by atoms with van der Waals surface area (Å²) < 4.78 is 5.82. The van der Waals surface area contributed by atoms with Crippen molar-refractivity contribution in [3.63, 3.8) is 0 Å². The van der Waals surface area contributed by atoms with Crippen molar-refractivity contribution in [1.82, 2.24) is 15.3 Å². The van der Waals surface area contributed by atoms with Crippen molar-refractivity contribution in [3.05, 3.63) is 45.2 Å². The second kappa shape index (κ2) is 5.54. The minimum atomic E-state index is -0.426. The molecule has 2 aromatic rings. The van der Waals surface area contributed by atoms with Crippen molar-refractivity contribution < 1.29 is 9.53 Å². The van der Waals surface area contributed by atoms with Crippen LogP contribution < -0.4 is 5.32 Å². The molecule has 0 atom stereocenters. The molecule has 0 aliphatic carbocycles. The third kappa shape index (κ3) is 2.56. The van der Waals surface area contributed by atoms with E-state index >= 15 is 0 Å². The lowest BCUT2D eigenvalue weighted by atomic mass is 10.1. The zero-order valence-corrected chi connectivity index (χ0v) is 13.3. The molecule has 0 spiro atoms. The van der Waals surface area contributed by atoms with E-state index < -0.39 is 5.97 Å². The van der Waals surface area contributed by atoms with E-state index in [1.54, 1.807) is 0 Å². The highest BCUT2D eigenvalue weighted by atomic mass is 79.9. The molecule has 1 N–H and O–H groups in total. The van der Waals surface area contributed by atoms with Crippen molar-refractivity contribution in [2.75, 3.05) is 7.11 Å². The highest BCUT2D eigenvalue weighted by Crippen LogP contribution is 2.26. The van der Waals surface area contributed by atoms with Gasteiger partial charge in [-0.25, -0.2) is 14.8 Å². The maximum Gasteiger partial charge on any atom is 0.357 e. The number of rotatable bonds is 2. The fourth-order valence-electron chi connectivity index (χ4n) is 2.29. The normalized spacial score (nSPS) is 13.1. The van der Waals surface area contributed by atoms with Gasteiger partial charge in [0, 0.05) is 28.7 Å². The van der Waals surface area contributed by atoms with Crippen LogP contribution >= 0.6 is 15.9 Å². The van der Waals surface area contributed by atoms with Crippen molar-refractivity contribution in [3.8, 4) is 11.4 Å². The largest absolute Gasteiger partial charge is 0.464 e. The molecule has 2 heterocycles. The lowest BCUT2D eigenvalue weighted by Crippen LogP contribution is -2.11. The number of hydrogen-bond donors (Lipinski definition) is 1. The number of aryl methyl sites for hydroxylation is 1. The van der Waals surface area contributed by atoms with Gasteiger partial charge in [-0.1, -0.05) is 28.1 Å². The predicted octanol–water partition coefficient (Wildman–Crippen LogP) is 2.60. The van der Waals surface area contributed by atoms with Gasteiger partial charge in [0.1, 0.15) is 0 Å². The first-order valence-electron chi connectivity index (χ1n) is 6.55. The van der Waals surface area contributed by atoms with E-state index in [2.05, 4.69) is 31.2 Å². The Bertz CT molecular complexity index is 731. The molecular weight excluding hydrogens is 334 g/mol. The van der Waals surface area contributed by atoms with Crippen LogP contribution in [0.3, 0.4) is 0 Å². The summed E-state index contributed by atoms with van der Waals surface area (Å²) in [5.41, 5.74) is 4.04. The Morgan fingerprint density at radius 2 is 2.14 bits per heavy atom. The molecule has 0 fully saturated rings. The summed E-state index contributed by atoms with van der Waals surface area (Å²) >= 11 is 3.51. The van der Waals surface area contributed by atoms with Gasteiger partial charge in [0.2, 0.25) is 0 Å². The third-order valence-electron chi connectivity index (χ3n) is 3.50. The van der Waals surface area contributed by atoms with Crippen LogP contribution in [-0.4, -0.2) is 23.0 Å². The Hall–Kier alpha value is -1.79. The van der Waals surface area contributed by atoms with E-state index in [4.69, 9.17) is 4.74 Å². The molecule has 1 aliphatic rings. The van der Waals surface area contributed by atoms with Gasteiger partial charge in [-0.2, -0.15) is 0 Å². The average Bonchev–Trinajstić information content (AvgIpc) is 2.96. The van der Waals surface area contributed by atoms with Crippen molar-refractivity contribution in [2.45, 2.75) is 20.0 Å². The molecule has 21 heavy (non-hydrogen) atoms. The van der Waals surface area contributed by atoms with Crippen LogP contribution in [0.5, 0.6) is 0 Å². The number of methoxy groups -OCH3 is 1. The standard InChI is InChI=1S/C15H14BrN3O2/c1-8-3-4-9(5-11(8)16)14-18-12-7-17-6-10(12)13(19-14)15(20)21-2/h3-5,17H,6-7H2,1-2H3. The van der Waals surface area contributed by atoms with Crippen LogP contribution in [0.25, 0.3) is 11.4 Å². The summed E-state index contributed by atoms with van der Waals surface area (Å²) in [6.07, 6.45) is 0. The molecule has 108 valence electrons. The van der Waals surface area contributed by atoms with Crippen LogP contribution in [0.4, 0.5) is 0 Å². The molecule has 0 bridgehead atoms. The molecule has 0 unspecified atom stereocenters. The van der Waals surface area contributed by atoms with E-state index in [9.17, 15) is 4.79 Å². The number of hydrogen-bond acceptors (Lipinski definition) is 5. The Kier molecular flexibility index (Phi) is 3.73. The van der Waals surface area contributed by atoms with Crippen molar-refractivity contribution in [1.29, 1.82) is 0 Å². The number of ether oxygens (including phenoxy) is 1. The first-order valence-corrected chi connectivity index (χ1v) is 7.35. The summed E-state index contributed by atoms with van der Waals surface area (Å²) in [5, 5.41) is 3.19. The third-order valence-corrected chi connectivity index (χ3v) is 4.35. The fourth-order valence-corrected chi connectivity index (χ4v) is 2.67. The Balaban J connectivity index is 2.15. The molecule has 6 heteroatoms. The van der Waals surface area contributed by atoms with Gasteiger partial charge in [0.15, 0.2) is 11.5 Å². The van der Waals surface area contributed by atoms with Gasteiger partial charge in [0.05, 0.1) is 12.8 Å². The summed E-state index contributed by atoms with van der Waals surface area (Å²) in [7, 11) is 1.36. The number of carbonyl (C=O) groups excluding carboxylic acids is 1. The highest BCUT2D eigenvalue weighted by Gasteiger charge is 2.24. The van der Waals surface area contributed by atoms with Gasteiger partial charge in [-0.15, -0.1) is 0 Å². The zero-order chi connectivity index (χ0) is 15.0. The maximum atomic E-state index is 11.9. The van der Waals surface area contributed by atoms with Crippen LogP contribution in [0, 0.1) is 6.92 Å². The van der Waals surface area contributed by atoms with Crippen LogP contribution in [0.2, 0.25) is 0 Å². The Morgan fingerprint density at radius 1 is 1.33 bits per heavy atom. The van der Waals surface area contributed by atoms with E-state index in [0.717, 1.165) is 26.9 Å². The number of aromatic nitrogens is 2. The molecule has 0 saturated carbocycles. The van der Waals surface area contributed by atoms with E-state index in [-0.39, 0.29) is 0 Å². The molecule has 1 aliphatic heterocycles. The molecule has 0 amide bonds. The number of nitrogens with zero attached hydrogens (tertiary/aromatic N) is 2. The smallest absolute Gasteiger partial charge is 0.357 e.